The molecule has 0 radical (unpaired) electrons. The highest BCUT2D eigenvalue weighted by Crippen LogP contribution is 2.25. The van der Waals surface area contributed by atoms with Crippen LogP contribution in [0.15, 0.2) is 30.5 Å². The fraction of sp³-hybridized carbons (Fsp3) is 0.385. The van der Waals surface area contributed by atoms with Crippen molar-refractivity contribution in [2.24, 2.45) is 0 Å². The lowest BCUT2D eigenvalue weighted by Crippen LogP contribution is -2.15. The van der Waals surface area contributed by atoms with Crippen LogP contribution in [0.5, 0.6) is 0 Å². The molecule has 14 heavy (non-hydrogen) atoms. The number of hydrogen-bond acceptors (Lipinski definition) is 0. The minimum Gasteiger partial charge on any atom is -0.320 e. The van der Waals surface area contributed by atoms with Crippen LogP contribution < -0.4 is 0 Å². The first-order valence-corrected chi connectivity index (χ1v) is 5.07. The Hall–Kier alpha value is -1.24. The van der Waals surface area contributed by atoms with Crippen molar-refractivity contribution >= 4 is 5.52 Å². The van der Waals surface area contributed by atoms with Crippen LogP contribution in [0.1, 0.15) is 32.0 Å². The lowest BCUT2D eigenvalue weighted by Gasteiger charge is -2.21. The van der Waals surface area contributed by atoms with Gasteiger partial charge in [-0.3, -0.25) is 0 Å². The van der Waals surface area contributed by atoms with Gasteiger partial charge in [0, 0.05) is 22.8 Å². The summed E-state index contributed by atoms with van der Waals surface area (Å²) in [5.41, 5.74) is 4.22. The van der Waals surface area contributed by atoms with E-state index in [4.69, 9.17) is 0 Å². The van der Waals surface area contributed by atoms with Gasteiger partial charge in [0.25, 0.3) is 0 Å². The van der Waals surface area contributed by atoms with E-state index in [-0.39, 0.29) is 5.41 Å². The minimum atomic E-state index is 0.199. The Bertz CT molecular complexity index is 458. The van der Waals surface area contributed by atoms with Gasteiger partial charge in [-0.2, -0.15) is 0 Å². The Morgan fingerprint density at radius 1 is 1.07 bits per heavy atom. The summed E-state index contributed by atoms with van der Waals surface area (Å²) < 4.78 is 2.29. The summed E-state index contributed by atoms with van der Waals surface area (Å²) in [6.45, 7) is 8.90. The molecule has 0 fully saturated rings. The van der Waals surface area contributed by atoms with E-state index in [9.17, 15) is 0 Å². The molecule has 1 heteroatoms. The van der Waals surface area contributed by atoms with Crippen LogP contribution in [0.3, 0.4) is 0 Å². The molecule has 1 nitrogen and oxygen atoms in total. The molecule has 0 spiro atoms. The van der Waals surface area contributed by atoms with Crippen LogP contribution in [0.4, 0.5) is 0 Å². The van der Waals surface area contributed by atoms with Crippen LogP contribution in [-0.4, -0.2) is 4.40 Å². The summed E-state index contributed by atoms with van der Waals surface area (Å²) in [7, 11) is 0. The maximum Gasteiger partial charge on any atom is 0.0482 e. The average Bonchev–Trinajstić information content (AvgIpc) is 2.50. The molecule has 0 saturated heterocycles. The Morgan fingerprint density at radius 2 is 1.79 bits per heavy atom. The molecule has 2 aromatic rings. The quantitative estimate of drug-likeness (QED) is 0.594. The van der Waals surface area contributed by atoms with Crippen LogP contribution in [0, 0.1) is 6.92 Å². The van der Waals surface area contributed by atoms with E-state index in [0.29, 0.717) is 0 Å². The highest BCUT2D eigenvalue weighted by atomic mass is 14.9. The normalized spacial score (nSPS) is 12.3. The van der Waals surface area contributed by atoms with E-state index in [1.807, 2.05) is 0 Å². The van der Waals surface area contributed by atoms with Crippen molar-refractivity contribution in [3.8, 4) is 0 Å². The zero-order chi connectivity index (χ0) is 10.3. The van der Waals surface area contributed by atoms with E-state index in [1.165, 1.54) is 16.8 Å². The number of rotatable bonds is 0. The van der Waals surface area contributed by atoms with Gasteiger partial charge in [-0.15, -0.1) is 0 Å². The van der Waals surface area contributed by atoms with Crippen molar-refractivity contribution in [1.29, 1.82) is 0 Å². The Morgan fingerprint density at radius 3 is 2.43 bits per heavy atom. The molecule has 0 aliphatic carbocycles. The number of hydrogen-bond donors (Lipinski definition) is 0. The van der Waals surface area contributed by atoms with Crippen molar-refractivity contribution in [3.05, 3.63) is 41.7 Å². The number of fused-ring (bicyclic) bond motifs is 1. The van der Waals surface area contributed by atoms with Gasteiger partial charge in [-0.05, 0) is 30.7 Å². The number of aromatic nitrogens is 1. The van der Waals surface area contributed by atoms with E-state index < -0.39 is 0 Å². The maximum absolute atomic E-state index is 2.29. The Balaban J connectivity index is 2.80. The predicted octanol–water partition coefficient (Wildman–Crippen LogP) is 3.55. The topological polar surface area (TPSA) is 4.41 Å². The molecule has 2 rings (SSSR count). The fourth-order valence-electron chi connectivity index (χ4n) is 1.89. The first kappa shape index (κ1) is 9.32. The number of nitrogens with zero attached hydrogens (tertiary/aromatic N) is 1. The third-order valence-corrected chi connectivity index (χ3v) is 2.67. The first-order chi connectivity index (χ1) is 6.50. The van der Waals surface area contributed by atoms with Gasteiger partial charge in [0.1, 0.15) is 0 Å². The van der Waals surface area contributed by atoms with E-state index in [0.717, 1.165) is 0 Å². The van der Waals surface area contributed by atoms with Crippen molar-refractivity contribution in [2.75, 3.05) is 0 Å². The number of pyridine rings is 1. The first-order valence-electron chi connectivity index (χ1n) is 5.07. The fourth-order valence-corrected chi connectivity index (χ4v) is 1.89. The van der Waals surface area contributed by atoms with Gasteiger partial charge < -0.3 is 4.40 Å². The molecular formula is C13H17N. The molecule has 0 bridgehead atoms. The second-order valence-electron chi connectivity index (χ2n) is 4.92. The molecule has 0 aliphatic rings. The molecular weight excluding hydrogens is 170 g/mol. The van der Waals surface area contributed by atoms with Gasteiger partial charge in [0.15, 0.2) is 0 Å². The van der Waals surface area contributed by atoms with Crippen molar-refractivity contribution in [3.63, 3.8) is 0 Å². The largest absolute Gasteiger partial charge is 0.320 e. The molecule has 0 amide bonds. The van der Waals surface area contributed by atoms with Crippen molar-refractivity contribution in [1.82, 2.24) is 4.40 Å². The van der Waals surface area contributed by atoms with Crippen molar-refractivity contribution < 1.29 is 0 Å². The molecule has 0 N–H and O–H groups in total. The molecule has 0 saturated carbocycles. The summed E-state index contributed by atoms with van der Waals surface area (Å²) in [5, 5.41) is 0. The molecule has 0 aliphatic heterocycles. The molecule has 0 aromatic carbocycles. The third kappa shape index (κ3) is 1.33. The molecule has 74 valence electrons. The van der Waals surface area contributed by atoms with Gasteiger partial charge in [0.05, 0.1) is 0 Å². The molecule has 0 atom stereocenters. The molecule has 2 heterocycles. The Labute approximate surface area is 85.4 Å². The zero-order valence-corrected chi connectivity index (χ0v) is 9.33. The summed E-state index contributed by atoms with van der Waals surface area (Å²) in [6, 6.07) is 8.71. The van der Waals surface area contributed by atoms with Crippen LogP contribution in [0.2, 0.25) is 0 Å². The summed E-state index contributed by atoms with van der Waals surface area (Å²) >= 11 is 0. The summed E-state index contributed by atoms with van der Waals surface area (Å²) in [4.78, 5) is 0. The average molecular weight is 187 g/mol. The lowest BCUT2D eigenvalue weighted by molar-refractivity contribution is 0.561. The van der Waals surface area contributed by atoms with Gasteiger partial charge >= 0.3 is 0 Å². The van der Waals surface area contributed by atoms with E-state index in [2.05, 4.69) is 62.6 Å². The number of aryl methyl sites for hydroxylation is 1. The van der Waals surface area contributed by atoms with Gasteiger partial charge in [-0.25, -0.2) is 0 Å². The third-order valence-electron chi connectivity index (χ3n) is 2.67. The van der Waals surface area contributed by atoms with Gasteiger partial charge in [-0.1, -0.05) is 26.8 Å². The minimum absolute atomic E-state index is 0.199. The van der Waals surface area contributed by atoms with Crippen LogP contribution in [-0.2, 0) is 5.41 Å². The highest BCUT2D eigenvalue weighted by Gasteiger charge is 2.16. The SMILES string of the molecule is Cc1ccc(C(C)(C)C)n2cccc12. The molecule has 2 aromatic heterocycles. The molecule has 0 unspecified atom stereocenters. The van der Waals surface area contributed by atoms with E-state index >= 15 is 0 Å². The zero-order valence-electron chi connectivity index (χ0n) is 9.33. The summed E-state index contributed by atoms with van der Waals surface area (Å²) in [5.74, 6) is 0. The van der Waals surface area contributed by atoms with Gasteiger partial charge in [0.2, 0.25) is 0 Å². The summed E-state index contributed by atoms with van der Waals surface area (Å²) in [6.07, 6.45) is 2.14. The highest BCUT2D eigenvalue weighted by molar-refractivity contribution is 5.56. The van der Waals surface area contributed by atoms with Crippen molar-refractivity contribution in [2.45, 2.75) is 33.1 Å². The Kier molecular flexibility index (Phi) is 1.91. The second kappa shape index (κ2) is 2.88. The monoisotopic (exact) mass is 187 g/mol. The smallest absolute Gasteiger partial charge is 0.0482 e. The maximum atomic E-state index is 2.29. The lowest BCUT2D eigenvalue weighted by atomic mass is 9.91. The standard InChI is InChI=1S/C13H17N/c1-10-7-8-12(13(2,3)4)14-9-5-6-11(10)14/h5-9H,1-4H3. The van der Waals surface area contributed by atoms with E-state index in [1.54, 1.807) is 0 Å². The van der Waals surface area contributed by atoms with Crippen LogP contribution in [0.25, 0.3) is 5.52 Å². The second-order valence-corrected chi connectivity index (χ2v) is 4.92. The predicted molar refractivity (Wildman–Crippen MR) is 60.8 cm³/mol. The van der Waals surface area contributed by atoms with Crippen LogP contribution >= 0.6 is 0 Å².